The maximum Gasteiger partial charge on any atom is 0.0467 e. The summed E-state index contributed by atoms with van der Waals surface area (Å²) in [6.45, 7) is 7.69. The number of hydrogen-bond acceptors (Lipinski definition) is 2. The van der Waals surface area contributed by atoms with Crippen LogP contribution < -0.4 is 11.3 Å². The summed E-state index contributed by atoms with van der Waals surface area (Å²) < 4.78 is 0. The lowest BCUT2D eigenvalue weighted by molar-refractivity contribution is 0.436. The van der Waals surface area contributed by atoms with Crippen LogP contribution in [0, 0.1) is 0 Å². The predicted octanol–water partition coefficient (Wildman–Crippen LogP) is 0.804. The van der Waals surface area contributed by atoms with E-state index in [0.29, 0.717) is 0 Å². The number of hydrazine groups is 1. The second kappa shape index (κ2) is 2.84. The van der Waals surface area contributed by atoms with Crippen LogP contribution in [0.1, 0.15) is 20.3 Å². The predicted molar refractivity (Wildman–Crippen MR) is 36.2 cm³/mol. The number of hydrogen-bond donors (Lipinski definition) is 2. The van der Waals surface area contributed by atoms with Gasteiger partial charge in [-0.2, -0.15) is 0 Å². The molecule has 0 saturated heterocycles. The zero-order valence-electron chi connectivity index (χ0n) is 5.57. The van der Waals surface area contributed by atoms with Gasteiger partial charge in [0.2, 0.25) is 0 Å². The van der Waals surface area contributed by atoms with Gasteiger partial charge in [0.1, 0.15) is 0 Å². The van der Waals surface area contributed by atoms with Crippen LogP contribution in [0.15, 0.2) is 12.7 Å². The molecule has 0 aromatic rings. The van der Waals surface area contributed by atoms with Crippen molar-refractivity contribution in [3.8, 4) is 0 Å². The molecule has 0 aromatic heterocycles. The minimum atomic E-state index is -0.0833. The molecule has 0 saturated carbocycles. The van der Waals surface area contributed by atoms with Crippen LogP contribution in [0.2, 0.25) is 0 Å². The lowest BCUT2D eigenvalue weighted by Gasteiger charge is -2.21. The van der Waals surface area contributed by atoms with Gasteiger partial charge in [-0.15, -0.1) is 6.58 Å². The van der Waals surface area contributed by atoms with E-state index in [4.69, 9.17) is 5.84 Å². The monoisotopic (exact) mass is 114 g/mol. The Bertz CT molecular complexity index is 74.6. The summed E-state index contributed by atoms with van der Waals surface area (Å²) in [7, 11) is 0. The Hall–Kier alpha value is -0.340. The molecule has 1 unspecified atom stereocenters. The first-order valence-corrected chi connectivity index (χ1v) is 2.80. The Morgan fingerprint density at radius 3 is 2.38 bits per heavy atom. The van der Waals surface area contributed by atoms with E-state index in [-0.39, 0.29) is 5.54 Å². The minimum Gasteiger partial charge on any atom is -0.271 e. The smallest absolute Gasteiger partial charge is 0.0467 e. The van der Waals surface area contributed by atoms with Crippen molar-refractivity contribution in [1.29, 1.82) is 0 Å². The van der Waals surface area contributed by atoms with Crippen LogP contribution in [0.4, 0.5) is 0 Å². The Labute approximate surface area is 50.7 Å². The van der Waals surface area contributed by atoms with Crippen LogP contribution in [-0.4, -0.2) is 5.54 Å². The summed E-state index contributed by atoms with van der Waals surface area (Å²) in [4.78, 5) is 0. The number of nitrogens with one attached hydrogen (secondary N) is 1. The third-order valence-electron chi connectivity index (χ3n) is 1.51. The van der Waals surface area contributed by atoms with Crippen molar-refractivity contribution in [3.05, 3.63) is 12.7 Å². The summed E-state index contributed by atoms with van der Waals surface area (Å²) in [6, 6.07) is 0. The fourth-order valence-electron chi connectivity index (χ4n) is 0.305. The van der Waals surface area contributed by atoms with Gasteiger partial charge in [0.15, 0.2) is 0 Å². The van der Waals surface area contributed by atoms with Crippen molar-refractivity contribution in [1.82, 2.24) is 5.43 Å². The van der Waals surface area contributed by atoms with Crippen LogP contribution >= 0.6 is 0 Å². The summed E-state index contributed by atoms with van der Waals surface area (Å²) in [6.07, 6.45) is 2.78. The average Bonchev–Trinajstić information content (AvgIpc) is 1.87. The third kappa shape index (κ3) is 1.64. The normalized spacial score (nSPS) is 17.4. The van der Waals surface area contributed by atoms with Crippen molar-refractivity contribution in [2.24, 2.45) is 5.84 Å². The quantitative estimate of drug-likeness (QED) is 0.323. The first-order chi connectivity index (χ1) is 3.68. The van der Waals surface area contributed by atoms with E-state index < -0.39 is 0 Å². The van der Waals surface area contributed by atoms with Crippen LogP contribution in [-0.2, 0) is 0 Å². The molecule has 48 valence electrons. The summed E-state index contributed by atoms with van der Waals surface area (Å²) >= 11 is 0. The zero-order chi connectivity index (χ0) is 6.62. The van der Waals surface area contributed by atoms with Gasteiger partial charge in [0.05, 0.1) is 0 Å². The molecular formula is C6H14N2. The molecule has 0 heterocycles. The van der Waals surface area contributed by atoms with Gasteiger partial charge in [0, 0.05) is 5.54 Å². The topological polar surface area (TPSA) is 38.0 Å². The third-order valence-corrected chi connectivity index (χ3v) is 1.51. The highest BCUT2D eigenvalue weighted by Crippen LogP contribution is 2.06. The van der Waals surface area contributed by atoms with Crippen molar-refractivity contribution < 1.29 is 0 Å². The molecule has 0 aliphatic carbocycles. The SMILES string of the molecule is C=CC(C)(CC)NN. The molecule has 0 bridgehead atoms. The molecule has 2 heteroatoms. The molecule has 0 aliphatic heterocycles. The lowest BCUT2D eigenvalue weighted by Crippen LogP contribution is -2.44. The second-order valence-corrected chi connectivity index (χ2v) is 2.12. The Balaban J connectivity index is 3.76. The summed E-state index contributed by atoms with van der Waals surface area (Å²) in [5.74, 6) is 5.21. The maximum absolute atomic E-state index is 5.21. The van der Waals surface area contributed by atoms with Crippen LogP contribution in [0.3, 0.4) is 0 Å². The molecule has 0 spiro atoms. The van der Waals surface area contributed by atoms with E-state index in [1.54, 1.807) is 0 Å². The van der Waals surface area contributed by atoms with Crippen LogP contribution in [0.25, 0.3) is 0 Å². The van der Waals surface area contributed by atoms with Gasteiger partial charge in [0.25, 0.3) is 0 Å². The van der Waals surface area contributed by atoms with Crippen LogP contribution in [0.5, 0.6) is 0 Å². The van der Waals surface area contributed by atoms with Gasteiger partial charge < -0.3 is 0 Å². The van der Waals surface area contributed by atoms with E-state index in [9.17, 15) is 0 Å². The number of rotatable bonds is 3. The standard InChI is InChI=1S/C6H14N2/c1-4-6(3,5-2)8-7/h4,8H,1,5,7H2,2-3H3. The first kappa shape index (κ1) is 7.66. The highest BCUT2D eigenvalue weighted by molar-refractivity contribution is 4.96. The first-order valence-electron chi connectivity index (χ1n) is 2.80. The molecule has 1 atom stereocenters. The summed E-state index contributed by atoms with van der Waals surface area (Å²) in [5.41, 5.74) is 2.58. The van der Waals surface area contributed by atoms with Crippen molar-refractivity contribution in [3.63, 3.8) is 0 Å². The largest absolute Gasteiger partial charge is 0.271 e. The van der Waals surface area contributed by atoms with Gasteiger partial charge in [-0.25, -0.2) is 0 Å². The van der Waals surface area contributed by atoms with Crippen molar-refractivity contribution in [2.75, 3.05) is 0 Å². The van der Waals surface area contributed by atoms with E-state index >= 15 is 0 Å². The van der Waals surface area contributed by atoms with Crippen molar-refractivity contribution in [2.45, 2.75) is 25.8 Å². The fourth-order valence-corrected chi connectivity index (χ4v) is 0.305. The zero-order valence-corrected chi connectivity index (χ0v) is 5.57. The molecule has 3 N–H and O–H groups in total. The summed E-state index contributed by atoms with van der Waals surface area (Å²) in [5, 5.41) is 0. The van der Waals surface area contributed by atoms with E-state index in [0.717, 1.165) is 6.42 Å². The number of nitrogens with two attached hydrogens (primary N) is 1. The average molecular weight is 114 g/mol. The molecule has 0 rings (SSSR count). The Morgan fingerprint density at radius 2 is 2.38 bits per heavy atom. The molecule has 0 aromatic carbocycles. The van der Waals surface area contributed by atoms with Gasteiger partial charge >= 0.3 is 0 Å². The van der Waals surface area contributed by atoms with Gasteiger partial charge in [-0.05, 0) is 13.3 Å². The van der Waals surface area contributed by atoms with E-state index in [1.165, 1.54) is 0 Å². The molecule has 2 nitrogen and oxygen atoms in total. The van der Waals surface area contributed by atoms with E-state index in [1.807, 2.05) is 13.0 Å². The Morgan fingerprint density at radius 1 is 1.88 bits per heavy atom. The second-order valence-electron chi connectivity index (χ2n) is 2.12. The molecular weight excluding hydrogens is 100 g/mol. The van der Waals surface area contributed by atoms with Crippen molar-refractivity contribution >= 4 is 0 Å². The lowest BCUT2D eigenvalue weighted by atomic mass is 10.0. The fraction of sp³-hybridized carbons (Fsp3) is 0.667. The molecule has 0 radical (unpaired) electrons. The van der Waals surface area contributed by atoms with E-state index in [2.05, 4.69) is 18.9 Å². The Kier molecular flexibility index (Phi) is 2.72. The maximum atomic E-state index is 5.21. The van der Waals surface area contributed by atoms with Gasteiger partial charge in [-0.3, -0.25) is 11.3 Å². The minimum absolute atomic E-state index is 0.0833. The molecule has 0 aliphatic rings. The highest BCUT2D eigenvalue weighted by atomic mass is 15.3. The van der Waals surface area contributed by atoms with Gasteiger partial charge in [-0.1, -0.05) is 13.0 Å². The highest BCUT2D eigenvalue weighted by Gasteiger charge is 2.12. The molecule has 8 heavy (non-hydrogen) atoms. The molecule has 0 amide bonds. The molecule has 0 fully saturated rings.